The van der Waals surface area contributed by atoms with Gasteiger partial charge in [0.1, 0.15) is 5.60 Å². The van der Waals surface area contributed by atoms with Gasteiger partial charge in [0.2, 0.25) is 0 Å². The molecule has 9 radical (unpaired) electrons. The molecule has 2 aromatic carbocycles. The number of benzene rings is 2. The van der Waals surface area contributed by atoms with E-state index in [0.29, 0.717) is 0 Å². The van der Waals surface area contributed by atoms with Crippen LogP contribution >= 0.6 is 0 Å². The first-order valence-corrected chi connectivity index (χ1v) is 9.77. The van der Waals surface area contributed by atoms with Crippen molar-refractivity contribution in [1.29, 1.82) is 0 Å². The predicted octanol–water partition coefficient (Wildman–Crippen LogP) is 5.16. The molecule has 147 valence electrons. The summed E-state index contributed by atoms with van der Waals surface area (Å²) in [4.78, 5) is 0. The van der Waals surface area contributed by atoms with Crippen LogP contribution in [0.25, 0.3) is 0 Å². The summed E-state index contributed by atoms with van der Waals surface area (Å²) in [6.07, 6.45) is 18.0. The third-order valence-corrected chi connectivity index (χ3v) is 5.27. The smallest absolute Gasteiger partial charge is 0.346 e. The Morgan fingerprint density at radius 3 is 1.55 bits per heavy atom. The molecule has 3 heteroatoms. The van der Waals surface area contributed by atoms with Gasteiger partial charge in [-0.3, -0.25) is 0 Å². The topological polar surface area (TPSA) is 18.5 Å². The molecule has 2 aromatic rings. The van der Waals surface area contributed by atoms with E-state index in [1.165, 1.54) is 0 Å². The molecule has 3 aliphatic rings. The molecule has 29 heavy (non-hydrogen) atoms. The van der Waals surface area contributed by atoms with Gasteiger partial charge in [0.15, 0.2) is 6.29 Å². The Morgan fingerprint density at radius 2 is 1.10 bits per heavy atom. The summed E-state index contributed by atoms with van der Waals surface area (Å²) < 4.78 is 12.8. The SMILES string of the molecule is C[C@@H]1O[C@H](C2[CH][CH][CH][CH]2)OC1(c1ccccc1)c1ccccc1.[CH]1[CH][CH][CH][CH]1.[Fe+2]. The number of hydrogen-bond acceptors (Lipinski definition) is 2. The van der Waals surface area contributed by atoms with Gasteiger partial charge in [0.25, 0.3) is 0 Å². The van der Waals surface area contributed by atoms with E-state index in [0.717, 1.165) is 11.1 Å². The minimum atomic E-state index is -0.572. The second kappa shape index (κ2) is 10.8. The van der Waals surface area contributed by atoms with Gasteiger partial charge in [-0.1, -0.05) is 60.7 Å². The van der Waals surface area contributed by atoms with Gasteiger partial charge >= 0.3 is 17.1 Å². The first-order chi connectivity index (χ1) is 13.8. The van der Waals surface area contributed by atoms with E-state index in [1.807, 2.05) is 57.1 Å². The van der Waals surface area contributed by atoms with Crippen LogP contribution in [0.1, 0.15) is 18.1 Å². The third kappa shape index (κ3) is 4.97. The standard InChI is InChI=1S/C21H20O2.C5H5.Fe/c1-16-21(18-12-4-2-5-13-18,19-14-6-3-7-15-19)23-20(22-16)17-10-8-9-11-17;1-2-4-5-3-1;/h2-17,20H,1H3;1-5H;/q;;+2/t16-,20-;;/m0../s1. The molecule has 2 nitrogen and oxygen atoms in total. The summed E-state index contributed by atoms with van der Waals surface area (Å²) in [5.41, 5.74) is 1.69. The van der Waals surface area contributed by atoms with Crippen molar-refractivity contribution in [3.63, 3.8) is 0 Å². The minimum absolute atomic E-state index is 0. The van der Waals surface area contributed by atoms with Crippen LogP contribution in [-0.4, -0.2) is 12.4 Å². The van der Waals surface area contributed by atoms with E-state index in [4.69, 9.17) is 9.47 Å². The van der Waals surface area contributed by atoms with Gasteiger partial charge in [-0.2, -0.15) is 0 Å². The molecule has 0 aromatic heterocycles. The zero-order valence-corrected chi connectivity index (χ0v) is 17.5. The molecule has 0 N–H and O–H groups in total. The summed E-state index contributed by atoms with van der Waals surface area (Å²) in [6, 6.07) is 20.8. The Morgan fingerprint density at radius 1 is 0.655 bits per heavy atom. The zero-order chi connectivity index (χ0) is 19.2. The van der Waals surface area contributed by atoms with Gasteiger partial charge in [0, 0.05) is 5.92 Å². The molecule has 0 bridgehead atoms. The van der Waals surface area contributed by atoms with Crippen LogP contribution in [0, 0.1) is 63.7 Å². The molecule has 3 fully saturated rings. The fourth-order valence-electron chi connectivity index (χ4n) is 3.87. The maximum absolute atomic E-state index is 6.59. The van der Waals surface area contributed by atoms with Crippen LogP contribution in [0.15, 0.2) is 60.7 Å². The van der Waals surface area contributed by atoms with E-state index in [2.05, 4.69) is 68.3 Å². The predicted molar refractivity (Wildman–Crippen MR) is 111 cm³/mol. The van der Waals surface area contributed by atoms with Crippen molar-refractivity contribution in [2.24, 2.45) is 5.92 Å². The van der Waals surface area contributed by atoms with Crippen molar-refractivity contribution < 1.29 is 26.5 Å². The molecule has 2 atom stereocenters. The monoisotopic (exact) mass is 425 g/mol. The van der Waals surface area contributed by atoms with Gasteiger partial charge < -0.3 is 9.47 Å². The van der Waals surface area contributed by atoms with E-state index in [1.54, 1.807) is 0 Å². The van der Waals surface area contributed by atoms with Crippen LogP contribution in [0.4, 0.5) is 0 Å². The number of hydrogen-bond donors (Lipinski definition) is 0. The molecule has 2 aliphatic carbocycles. The van der Waals surface area contributed by atoms with Crippen molar-refractivity contribution >= 4 is 0 Å². The van der Waals surface area contributed by atoms with Crippen molar-refractivity contribution in [3.8, 4) is 0 Å². The van der Waals surface area contributed by atoms with E-state index in [-0.39, 0.29) is 35.4 Å². The second-order valence-electron chi connectivity index (χ2n) is 7.04. The summed E-state index contributed by atoms with van der Waals surface area (Å²) in [5, 5.41) is 0. The molecule has 1 aliphatic heterocycles. The van der Waals surface area contributed by atoms with Gasteiger partial charge in [-0.25, -0.2) is 0 Å². The molecule has 0 amide bonds. The molecule has 5 rings (SSSR count). The maximum atomic E-state index is 6.59. The molecular formula is C26H25FeO2+2. The summed E-state index contributed by atoms with van der Waals surface area (Å²) in [7, 11) is 0. The van der Waals surface area contributed by atoms with Gasteiger partial charge in [-0.15, -0.1) is 0 Å². The van der Waals surface area contributed by atoms with Crippen LogP contribution in [-0.2, 0) is 32.1 Å². The van der Waals surface area contributed by atoms with E-state index >= 15 is 0 Å². The van der Waals surface area contributed by atoms with Crippen molar-refractivity contribution in [2.45, 2.75) is 24.9 Å². The van der Waals surface area contributed by atoms with Crippen molar-refractivity contribution in [2.75, 3.05) is 0 Å². The number of rotatable bonds is 3. The first kappa shape index (κ1) is 22.6. The van der Waals surface area contributed by atoms with Crippen molar-refractivity contribution in [3.05, 3.63) is 130 Å². The fraction of sp³-hybridized carbons (Fsp3) is 0.192. The van der Waals surface area contributed by atoms with E-state index < -0.39 is 5.60 Å². The third-order valence-electron chi connectivity index (χ3n) is 5.27. The van der Waals surface area contributed by atoms with Crippen LogP contribution in [0.5, 0.6) is 0 Å². The normalized spacial score (nSPS) is 25.8. The minimum Gasteiger partial charge on any atom is -0.346 e. The summed E-state index contributed by atoms with van der Waals surface area (Å²) in [5.74, 6) is 0.173. The molecule has 1 saturated heterocycles. The van der Waals surface area contributed by atoms with Crippen molar-refractivity contribution in [1.82, 2.24) is 0 Å². The second-order valence-corrected chi connectivity index (χ2v) is 7.04. The molecular weight excluding hydrogens is 400 g/mol. The van der Waals surface area contributed by atoms with Gasteiger partial charge in [-0.05, 0) is 75.8 Å². The van der Waals surface area contributed by atoms with Gasteiger partial charge in [0.05, 0.1) is 6.10 Å². The average molecular weight is 425 g/mol. The van der Waals surface area contributed by atoms with E-state index in [9.17, 15) is 0 Å². The fourth-order valence-corrected chi connectivity index (χ4v) is 3.87. The molecule has 0 spiro atoms. The Hall–Kier alpha value is -1.12. The Kier molecular flexibility index (Phi) is 8.38. The molecule has 1 heterocycles. The molecule has 0 unspecified atom stereocenters. The Labute approximate surface area is 186 Å². The largest absolute Gasteiger partial charge is 2.00 e. The van der Waals surface area contributed by atoms with Crippen LogP contribution < -0.4 is 0 Å². The first-order valence-electron chi connectivity index (χ1n) is 9.77. The Bertz CT molecular complexity index is 661. The number of ether oxygens (including phenoxy) is 2. The quantitative estimate of drug-likeness (QED) is 0.633. The van der Waals surface area contributed by atoms with Crippen LogP contribution in [0.2, 0.25) is 0 Å². The van der Waals surface area contributed by atoms with Crippen LogP contribution in [0.3, 0.4) is 0 Å². The zero-order valence-electron chi connectivity index (χ0n) is 16.4. The molecule has 2 saturated carbocycles. The Balaban J connectivity index is 0.000000352. The summed E-state index contributed by atoms with van der Waals surface area (Å²) >= 11 is 0. The average Bonchev–Trinajstić information content (AvgIpc) is 3.52. The summed E-state index contributed by atoms with van der Waals surface area (Å²) in [6.45, 7) is 2.10. The maximum Gasteiger partial charge on any atom is 2.00 e.